The molecule has 2 aromatic rings. The summed E-state index contributed by atoms with van der Waals surface area (Å²) in [7, 11) is -7.79. The second-order valence-electron chi connectivity index (χ2n) is 5.65. The molecule has 0 saturated heterocycles. The number of nitrogens with one attached hydrogen (secondary N) is 2. The first-order valence-corrected chi connectivity index (χ1v) is 11.0. The van der Waals surface area contributed by atoms with Gasteiger partial charge in [0, 0.05) is 37.4 Å². The lowest BCUT2D eigenvalue weighted by molar-refractivity contribution is -0.385. The van der Waals surface area contributed by atoms with E-state index in [1.165, 1.54) is 0 Å². The maximum atomic E-state index is 12.1. The highest BCUT2D eigenvalue weighted by Crippen LogP contribution is 2.16. The first-order chi connectivity index (χ1) is 13.5. The van der Waals surface area contributed by atoms with Gasteiger partial charge in [0.1, 0.15) is 0 Å². The Morgan fingerprint density at radius 2 is 0.966 bits per heavy atom. The Morgan fingerprint density at radius 3 is 1.24 bits per heavy atom. The molecule has 0 saturated carbocycles. The van der Waals surface area contributed by atoms with E-state index in [4.69, 9.17) is 0 Å². The van der Waals surface area contributed by atoms with E-state index in [1.807, 2.05) is 0 Å². The van der Waals surface area contributed by atoms with Crippen LogP contribution in [0, 0.1) is 20.2 Å². The van der Waals surface area contributed by atoms with Crippen LogP contribution in [0.25, 0.3) is 0 Å². The zero-order chi connectivity index (χ0) is 21.7. The van der Waals surface area contributed by atoms with E-state index >= 15 is 0 Å². The molecule has 0 aliphatic rings. The predicted octanol–water partition coefficient (Wildman–Crippen LogP) is 1.15. The van der Waals surface area contributed by atoms with Gasteiger partial charge in [0.25, 0.3) is 11.4 Å². The van der Waals surface area contributed by atoms with E-state index < -0.39 is 29.9 Å². The average molecular weight is 444 g/mol. The third kappa shape index (κ3) is 6.02. The van der Waals surface area contributed by atoms with E-state index in [9.17, 15) is 37.1 Å². The average Bonchev–Trinajstić information content (AvgIpc) is 2.67. The van der Waals surface area contributed by atoms with Gasteiger partial charge in [-0.25, -0.2) is 26.3 Å². The van der Waals surface area contributed by atoms with Crippen molar-refractivity contribution in [2.24, 2.45) is 0 Å². The largest absolute Gasteiger partial charge is 0.269 e. The van der Waals surface area contributed by atoms with Gasteiger partial charge in [-0.15, -0.1) is 0 Å². The van der Waals surface area contributed by atoms with Gasteiger partial charge < -0.3 is 0 Å². The van der Waals surface area contributed by atoms with Crippen molar-refractivity contribution in [2.45, 2.75) is 16.2 Å². The topological polar surface area (TPSA) is 179 Å². The van der Waals surface area contributed by atoms with Crippen LogP contribution in [0.4, 0.5) is 11.4 Å². The normalized spacial score (nSPS) is 11.9. The molecule has 0 fully saturated rings. The second kappa shape index (κ2) is 9.04. The molecule has 0 amide bonds. The lowest BCUT2D eigenvalue weighted by Crippen LogP contribution is -2.30. The molecule has 156 valence electrons. The van der Waals surface area contributed by atoms with Crippen LogP contribution in [0.3, 0.4) is 0 Å². The van der Waals surface area contributed by atoms with Gasteiger partial charge in [0.2, 0.25) is 20.0 Å². The fourth-order valence-electron chi connectivity index (χ4n) is 2.16. The monoisotopic (exact) mass is 444 g/mol. The molecule has 0 unspecified atom stereocenters. The number of non-ortho nitro benzene ring substituents is 2. The van der Waals surface area contributed by atoms with Gasteiger partial charge in [0.05, 0.1) is 19.6 Å². The number of hydrogen-bond acceptors (Lipinski definition) is 8. The van der Waals surface area contributed by atoms with Crippen LogP contribution in [0.1, 0.15) is 6.42 Å². The highest BCUT2D eigenvalue weighted by Gasteiger charge is 2.17. The Labute approximate surface area is 166 Å². The number of sulfonamides is 2. The van der Waals surface area contributed by atoms with Gasteiger partial charge in [-0.3, -0.25) is 20.2 Å². The van der Waals surface area contributed by atoms with E-state index in [2.05, 4.69) is 9.44 Å². The molecule has 0 heterocycles. The fourth-order valence-corrected chi connectivity index (χ4v) is 4.31. The summed E-state index contributed by atoms with van der Waals surface area (Å²) in [5.74, 6) is 0. The number of nitro benzene ring substituents is 2. The molecule has 0 spiro atoms. The van der Waals surface area contributed by atoms with Gasteiger partial charge in [0.15, 0.2) is 0 Å². The Kier molecular flexibility index (Phi) is 6.97. The zero-order valence-electron chi connectivity index (χ0n) is 14.7. The Balaban J connectivity index is 1.86. The van der Waals surface area contributed by atoms with Crippen molar-refractivity contribution < 1.29 is 26.7 Å². The summed E-state index contributed by atoms with van der Waals surface area (Å²) in [6.45, 7) is -0.162. The molecule has 0 aliphatic heterocycles. The summed E-state index contributed by atoms with van der Waals surface area (Å²) >= 11 is 0. The van der Waals surface area contributed by atoms with Crippen LogP contribution >= 0.6 is 0 Å². The van der Waals surface area contributed by atoms with E-state index in [0.29, 0.717) is 0 Å². The Morgan fingerprint density at radius 1 is 0.655 bits per heavy atom. The molecular formula is C15H16N4O8S2. The van der Waals surface area contributed by atoms with E-state index in [1.54, 1.807) is 0 Å². The van der Waals surface area contributed by atoms with Crippen molar-refractivity contribution in [3.05, 3.63) is 68.8 Å². The summed E-state index contributed by atoms with van der Waals surface area (Å²) < 4.78 is 53.0. The molecule has 29 heavy (non-hydrogen) atoms. The molecular weight excluding hydrogens is 428 g/mol. The van der Waals surface area contributed by atoms with Gasteiger partial charge in [-0.2, -0.15) is 0 Å². The third-order valence-corrected chi connectivity index (χ3v) is 6.61. The zero-order valence-corrected chi connectivity index (χ0v) is 16.4. The molecule has 0 radical (unpaired) electrons. The lowest BCUT2D eigenvalue weighted by atomic mass is 10.3. The van der Waals surface area contributed by atoms with Crippen LogP contribution < -0.4 is 9.44 Å². The molecule has 2 rings (SSSR count). The molecule has 14 heteroatoms. The van der Waals surface area contributed by atoms with E-state index in [-0.39, 0.29) is 40.7 Å². The second-order valence-corrected chi connectivity index (χ2v) is 9.19. The SMILES string of the molecule is O=[N+]([O-])c1ccc(S(=O)(=O)NCCCNS(=O)(=O)c2ccc([N+](=O)[O-])cc2)cc1. The van der Waals surface area contributed by atoms with Gasteiger partial charge in [-0.05, 0) is 30.7 Å². The maximum absolute atomic E-state index is 12.1. The van der Waals surface area contributed by atoms with Crippen molar-refractivity contribution in [1.29, 1.82) is 0 Å². The van der Waals surface area contributed by atoms with Crippen LogP contribution in [0.5, 0.6) is 0 Å². The first kappa shape index (κ1) is 22.4. The number of hydrogen-bond donors (Lipinski definition) is 2. The molecule has 12 nitrogen and oxygen atoms in total. The highest BCUT2D eigenvalue weighted by atomic mass is 32.2. The Hall–Kier alpha value is -2.94. The molecule has 0 aromatic heterocycles. The minimum Gasteiger partial charge on any atom is -0.258 e. The Bertz CT molecular complexity index is 1010. The van der Waals surface area contributed by atoms with Crippen molar-refractivity contribution in [3.8, 4) is 0 Å². The molecule has 0 bridgehead atoms. The van der Waals surface area contributed by atoms with E-state index in [0.717, 1.165) is 48.5 Å². The third-order valence-electron chi connectivity index (χ3n) is 3.65. The van der Waals surface area contributed by atoms with Crippen molar-refractivity contribution >= 4 is 31.4 Å². The van der Waals surface area contributed by atoms with Crippen LogP contribution in [-0.2, 0) is 20.0 Å². The van der Waals surface area contributed by atoms with Gasteiger partial charge >= 0.3 is 0 Å². The van der Waals surface area contributed by atoms with Crippen molar-refractivity contribution in [2.75, 3.05) is 13.1 Å². The summed E-state index contributed by atoms with van der Waals surface area (Å²) in [6, 6.07) is 8.63. The van der Waals surface area contributed by atoms with Crippen LogP contribution in [0.2, 0.25) is 0 Å². The van der Waals surface area contributed by atoms with Crippen LogP contribution in [0.15, 0.2) is 58.3 Å². The summed E-state index contributed by atoms with van der Waals surface area (Å²) in [5.41, 5.74) is -0.491. The number of rotatable bonds is 10. The number of nitrogens with zero attached hydrogens (tertiary/aromatic N) is 2. The summed E-state index contributed by atoms with van der Waals surface area (Å²) in [6.07, 6.45) is 0.123. The molecule has 2 N–H and O–H groups in total. The fraction of sp³-hybridized carbons (Fsp3) is 0.200. The minimum absolute atomic E-state index is 0.0812. The summed E-state index contributed by atoms with van der Waals surface area (Å²) in [5, 5.41) is 21.2. The molecule has 0 atom stereocenters. The number of nitro groups is 2. The number of benzene rings is 2. The first-order valence-electron chi connectivity index (χ1n) is 8.01. The van der Waals surface area contributed by atoms with Crippen LogP contribution in [-0.4, -0.2) is 39.8 Å². The summed E-state index contributed by atoms with van der Waals surface area (Å²) in [4.78, 5) is 19.6. The smallest absolute Gasteiger partial charge is 0.258 e. The van der Waals surface area contributed by atoms with Crippen molar-refractivity contribution in [1.82, 2.24) is 9.44 Å². The highest BCUT2D eigenvalue weighted by molar-refractivity contribution is 7.89. The standard InChI is InChI=1S/C15H16N4O8S2/c20-18(21)12-2-6-14(7-3-12)28(24,25)16-10-1-11-17-29(26,27)15-8-4-13(5-9-15)19(22)23/h2-9,16-17H,1,10-11H2. The lowest BCUT2D eigenvalue weighted by Gasteiger charge is -2.08. The molecule has 0 aliphatic carbocycles. The molecule has 2 aromatic carbocycles. The minimum atomic E-state index is -3.90. The predicted molar refractivity (Wildman–Crippen MR) is 101 cm³/mol. The maximum Gasteiger partial charge on any atom is 0.269 e. The van der Waals surface area contributed by atoms with Crippen molar-refractivity contribution in [3.63, 3.8) is 0 Å². The quantitative estimate of drug-likeness (QED) is 0.311. The van der Waals surface area contributed by atoms with Gasteiger partial charge in [-0.1, -0.05) is 0 Å².